The van der Waals surface area contributed by atoms with E-state index in [1.807, 2.05) is 0 Å². The summed E-state index contributed by atoms with van der Waals surface area (Å²) in [7, 11) is 0. The molecule has 112 valence electrons. The maximum atomic E-state index is 3.62. The lowest BCUT2D eigenvalue weighted by Crippen LogP contribution is -2.47. The Bertz CT molecular complexity index is 257. The van der Waals surface area contributed by atoms with Crippen LogP contribution in [0.4, 0.5) is 0 Å². The highest BCUT2D eigenvalue weighted by atomic mass is 15.3. The minimum atomic E-state index is 0.552. The van der Waals surface area contributed by atoms with Crippen LogP contribution in [-0.2, 0) is 0 Å². The van der Waals surface area contributed by atoms with E-state index >= 15 is 0 Å². The molecule has 0 aliphatic carbocycles. The minimum Gasteiger partial charge on any atom is -0.316 e. The second-order valence-electron chi connectivity index (χ2n) is 6.53. The van der Waals surface area contributed by atoms with E-state index in [1.54, 1.807) is 0 Å². The third kappa shape index (κ3) is 3.71. The summed E-state index contributed by atoms with van der Waals surface area (Å²) in [6, 6.07) is 0.806. The molecule has 1 N–H and O–H groups in total. The quantitative estimate of drug-likeness (QED) is 0.796. The Hall–Kier alpha value is -0.120. The molecule has 3 nitrogen and oxygen atoms in total. The lowest BCUT2D eigenvalue weighted by atomic mass is 9.78. The zero-order chi connectivity index (χ0) is 13.7. The molecule has 2 saturated heterocycles. The van der Waals surface area contributed by atoms with Crippen molar-refractivity contribution >= 4 is 0 Å². The van der Waals surface area contributed by atoms with Gasteiger partial charge in [-0.25, -0.2) is 0 Å². The molecule has 0 radical (unpaired) electrons. The highest BCUT2D eigenvalue weighted by molar-refractivity contribution is 4.91. The SMILES string of the molecule is CCN(CC)C1CCN(CC2(CC)CCCNC2)C1. The van der Waals surface area contributed by atoms with E-state index < -0.39 is 0 Å². The molecule has 0 aromatic carbocycles. The van der Waals surface area contributed by atoms with Crippen molar-refractivity contribution in [2.45, 2.75) is 52.5 Å². The predicted molar refractivity (Wildman–Crippen MR) is 82.6 cm³/mol. The van der Waals surface area contributed by atoms with Gasteiger partial charge in [-0.1, -0.05) is 20.8 Å². The van der Waals surface area contributed by atoms with Gasteiger partial charge in [-0.05, 0) is 57.3 Å². The van der Waals surface area contributed by atoms with E-state index in [0.717, 1.165) is 6.04 Å². The zero-order valence-corrected chi connectivity index (χ0v) is 13.2. The van der Waals surface area contributed by atoms with Gasteiger partial charge in [-0.15, -0.1) is 0 Å². The summed E-state index contributed by atoms with van der Waals surface area (Å²) in [4.78, 5) is 5.37. The van der Waals surface area contributed by atoms with Gasteiger partial charge in [0.15, 0.2) is 0 Å². The number of piperidine rings is 1. The first-order chi connectivity index (χ1) is 9.23. The lowest BCUT2D eigenvalue weighted by Gasteiger charge is -2.40. The number of likely N-dealkylation sites (tertiary alicyclic amines) is 1. The molecule has 2 heterocycles. The third-order valence-corrected chi connectivity index (χ3v) is 5.45. The fraction of sp³-hybridized carbons (Fsp3) is 1.00. The zero-order valence-electron chi connectivity index (χ0n) is 13.2. The van der Waals surface area contributed by atoms with Crippen LogP contribution in [0.1, 0.15) is 46.5 Å². The Kier molecular flexibility index (Phi) is 5.67. The maximum Gasteiger partial charge on any atom is 0.0235 e. The molecule has 2 fully saturated rings. The molecule has 2 unspecified atom stereocenters. The van der Waals surface area contributed by atoms with Crippen LogP contribution in [0.15, 0.2) is 0 Å². The van der Waals surface area contributed by atoms with Gasteiger partial charge in [0.05, 0.1) is 0 Å². The average molecular weight is 267 g/mol. The van der Waals surface area contributed by atoms with E-state index in [0.29, 0.717) is 5.41 Å². The Morgan fingerprint density at radius 1 is 1.26 bits per heavy atom. The highest BCUT2D eigenvalue weighted by Gasteiger charge is 2.35. The molecule has 0 aromatic heterocycles. The molecule has 0 spiro atoms. The largest absolute Gasteiger partial charge is 0.316 e. The van der Waals surface area contributed by atoms with Crippen LogP contribution >= 0.6 is 0 Å². The molecular formula is C16H33N3. The standard InChI is InChI=1S/C16H33N3/c1-4-16(9-7-10-17-13-16)14-18-11-8-15(12-18)19(5-2)6-3/h15,17H,4-14H2,1-3H3. The van der Waals surface area contributed by atoms with Gasteiger partial charge in [-0.2, -0.15) is 0 Å². The van der Waals surface area contributed by atoms with E-state index in [9.17, 15) is 0 Å². The van der Waals surface area contributed by atoms with Crippen LogP contribution < -0.4 is 5.32 Å². The third-order valence-electron chi connectivity index (χ3n) is 5.45. The molecule has 3 heteroatoms. The second-order valence-corrected chi connectivity index (χ2v) is 6.53. The summed E-state index contributed by atoms with van der Waals surface area (Å²) >= 11 is 0. The molecule has 19 heavy (non-hydrogen) atoms. The van der Waals surface area contributed by atoms with Gasteiger partial charge in [-0.3, -0.25) is 4.90 Å². The van der Waals surface area contributed by atoms with Crippen LogP contribution in [0, 0.1) is 5.41 Å². The summed E-state index contributed by atoms with van der Waals surface area (Å²) in [5, 5.41) is 3.62. The average Bonchev–Trinajstić information content (AvgIpc) is 2.89. The number of nitrogens with zero attached hydrogens (tertiary/aromatic N) is 2. The highest BCUT2D eigenvalue weighted by Crippen LogP contribution is 2.32. The molecule has 2 atom stereocenters. The van der Waals surface area contributed by atoms with Crippen molar-refractivity contribution in [2.75, 3.05) is 45.8 Å². The number of nitrogens with one attached hydrogen (secondary N) is 1. The first-order valence-corrected chi connectivity index (χ1v) is 8.40. The fourth-order valence-corrected chi connectivity index (χ4v) is 4.05. The van der Waals surface area contributed by atoms with Crippen molar-refractivity contribution < 1.29 is 0 Å². The molecule has 0 saturated carbocycles. The minimum absolute atomic E-state index is 0.552. The van der Waals surface area contributed by atoms with Gasteiger partial charge >= 0.3 is 0 Å². The normalized spacial score (nSPS) is 33.2. The predicted octanol–water partition coefficient (Wildman–Crippen LogP) is 2.18. The smallest absolute Gasteiger partial charge is 0.0235 e. The van der Waals surface area contributed by atoms with Crippen molar-refractivity contribution in [3.8, 4) is 0 Å². The van der Waals surface area contributed by atoms with E-state index in [-0.39, 0.29) is 0 Å². The van der Waals surface area contributed by atoms with E-state index in [1.165, 1.54) is 71.5 Å². The van der Waals surface area contributed by atoms with Gasteiger partial charge in [0.25, 0.3) is 0 Å². The fourth-order valence-electron chi connectivity index (χ4n) is 4.05. The van der Waals surface area contributed by atoms with Crippen molar-refractivity contribution in [1.82, 2.24) is 15.1 Å². The van der Waals surface area contributed by atoms with Gasteiger partial charge in [0, 0.05) is 25.7 Å². The molecule has 0 bridgehead atoms. The lowest BCUT2D eigenvalue weighted by molar-refractivity contribution is 0.119. The summed E-state index contributed by atoms with van der Waals surface area (Å²) in [6.45, 7) is 15.8. The van der Waals surface area contributed by atoms with Crippen LogP contribution in [0.5, 0.6) is 0 Å². The number of likely N-dealkylation sites (N-methyl/N-ethyl adjacent to an activating group) is 1. The second kappa shape index (κ2) is 7.05. The summed E-state index contributed by atoms with van der Waals surface area (Å²) in [6.07, 6.45) is 5.48. The summed E-state index contributed by atoms with van der Waals surface area (Å²) in [5.74, 6) is 0. The van der Waals surface area contributed by atoms with Crippen molar-refractivity contribution in [1.29, 1.82) is 0 Å². The molecule has 2 rings (SSSR count). The number of rotatable bonds is 6. The molecule has 2 aliphatic rings. The molecular weight excluding hydrogens is 234 g/mol. The summed E-state index contributed by atoms with van der Waals surface area (Å²) in [5.41, 5.74) is 0.552. The molecule has 2 aliphatic heterocycles. The summed E-state index contributed by atoms with van der Waals surface area (Å²) < 4.78 is 0. The van der Waals surface area contributed by atoms with Crippen molar-refractivity contribution in [3.63, 3.8) is 0 Å². The Labute approximate surface area is 119 Å². The van der Waals surface area contributed by atoms with Gasteiger partial charge < -0.3 is 10.2 Å². The van der Waals surface area contributed by atoms with Crippen LogP contribution in [-0.4, -0.2) is 61.7 Å². The maximum absolute atomic E-state index is 3.62. The molecule has 0 aromatic rings. The van der Waals surface area contributed by atoms with Crippen LogP contribution in [0.25, 0.3) is 0 Å². The van der Waals surface area contributed by atoms with Crippen molar-refractivity contribution in [3.05, 3.63) is 0 Å². The van der Waals surface area contributed by atoms with Crippen molar-refractivity contribution in [2.24, 2.45) is 5.41 Å². The topological polar surface area (TPSA) is 18.5 Å². The van der Waals surface area contributed by atoms with Crippen LogP contribution in [0.3, 0.4) is 0 Å². The monoisotopic (exact) mass is 267 g/mol. The Balaban J connectivity index is 1.86. The van der Waals surface area contributed by atoms with Gasteiger partial charge in [0.2, 0.25) is 0 Å². The number of hydrogen-bond donors (Lipinski definition) is 1. The first-order valence-electron chi connectivity index (χ1n) is 8.40. The first kappa shape index (κ1) is 15.3. The Morgan fingerprint density at radius 2 is 2.05 bits per heavy atom. The van der Waals surface area contributed by atoms with Crippen LogP contribution in [0.2, 0.25) is 0 Å². The number of hydrogen-bond acceptors (Lipinski definition) is 3. The molecule has 0 amide bonds. The Morgan fingerprint density at radius 3 is 2.63 bits per heavy atom. The van der Waals surface area contributed by atoms with E-state index in [4.69, 9.17) is 0 Å². The van der Waals surface area contributed by atoms with E-state index in [2.05, 4.69) is 35.9 Å². The van der Waals surface area contributed by atoms with Gasteiger partial charge in [0.1, 0.15) is 0 Å².